The summed E-state index contributed by atoms with van der Waals surface area (Å²) in [6.07, 6.45) is 4.24. The van der Waals surface area contributed by atoms with Crippen molar-refractivity contribution < 1.29 is 4.84 Å². The van der Waals surface area contributed by atoms with Gasteiger partial charge in [-0.15, -0.1) is 0 Å². The maximum Gasteiger partial charge on any atom is 0.127 e. The van der Waals surface area contributed by atoms with Crippen molar-refractivity contribution in [3.8, 4) is 6.07 Å². The van der Waals surface area contributed by atoms with Crippen LogP contribution in [0.25, 0.3) is 0 Å². The molecule has 1 aromatic carbocycles. The zero-order valence-electron chi connectivity index (χ0n) is 7.68. The number of rotatable bonds is 3. The summed E-state index contributed by atoms with van der Waals surface area (Å²) in [5.74, 6) is 0. The molecule has 0 bridgehead atoms. The monoisotopic (exact) mass is 186 g/mol. The van der Waals surface area contributed by atoms with E-state index in [1.165, 1.54) is 0 Å². The fourth-order valence-electron chi connectivity index (χ4n) is 0.995. The molecular weight excluding hydrogens is 176 g/mol. The van der Waals surface area contributed by atoms with E-state index < -0.39 is 0 Å². The second-order valence-electron chi connectivity index (χ2n) is 3.27. The minimum absolute atomic E-state index is 0.338. The van der Waals surface area contributed by atoms with Crippen molar-refractivity contribution in [1.82, 2.24) is 0 Å². The van der Waals surface area contributed by atoms with Crippen LogP contribution in [0.1, 0.15) is 24.0 Å². The molecule has 0 N–H and O–H groups in total. The van der Waals surface area contributed by atoms with Gasteiger partial charge in [0, 0.05) is 0 Å². The van der Waals surface area contributed by atoms with Gasteiger partial charge in [-0.25, -0.2) is 0 Å². The molecule has 1 saturated carbocycles. The molecule has 0 aromatic heterocycles. The van der Waals surface area contributed by atoms with Crippen LogP contribution in [0.2, 0.25) is 0 Å². The molecule has 1 aliphatic carbocycles. The first-order chi connectivity index (χ1) is 6.88. The molecule has 0 unspecified atom stereocenters. The molecule has 0 amide bonds. The average molecular weight is 186 g/mol. The largest absolute Gasteiger partial charge is 0.392 e. The molecule has 70 valence electrons. The summed E-state index contributed by atoms with van der Waals surface area (Å²) < 4.78 is 0. The van der Waals surface area contributed by atoms with Crippen LogP contribution in [0, 0.1) is 11.3 Å². The standard InChI is InChI=1S/C11H10N2O/c12-7-9-1-3-10(4-2-9)8-13-14-11-5-6-11/h1-4,8,11H,5-6H2. The number of hydrogen-bond donors (Lipinski definition) is 0. The third kappa shape index (κ3) is 2.33. The van der Waals surface area contributed by atoms with E-state index in [1.807, 2.05) is 12.1 Å². The van der Waals surface area contributed by atoms with Gasteiger partial charge in [0.05, 0.1) is 17.8 Å². The Balaban J connectivity index is 1.95. The van der Waals surface area contributed by atoms with Crippen molar-refractivity contribution in [1.29, 1.82) is 5.26 Å². The Kier molecular flexibility index (Phi) is 2.46. The van der Waals surface area contributed by atoms with Crippen molar-refractivity contribution >= 4 is 6.21 Å². The lowest BCUT2D eigenvalue weighted by molar-refractivity contribution is 0.131. The Labute approximate surface area is 82.6 Å². The van der Waals surface area contributed by atoms with Crippen LogP contribution in [0.3, 0.4) is 0 Å². The van der Waals surface area contributed by atoms with Crippen LogP contribution in [0.4, 0.5) is 0 Å². The topological polar surface area (TPSA) is 45.4 Å². The van der Waals surface area contributed by atoms with Crippen molar-refractivity contribution in [2.45, 2.75) is 18.9 Å². The molecule has 1 aliphatic rings. The van der Waals surface area contributed by atoms with Crippen molar-refractivity contribution in [2.24, 2.45) is 5.16 Å². The summed E-state index contributed by atoms with van der Waals surface area (Å²) in [5, 5.41) is 12.4. The highest BCUT2D eigenvalue weighted by Crippen LogP contribution is 2.23. The zero-order valence-corrected chi connectivity index (χ0v) is 7.68. The zero-order chi connectivity index (χ0) is 9.80. The van der Waals surface area contributed by atoms with Gasteiger partial charge in [-0.2, -0.15) is 5.26 Å². The van der Waals surface area contributed by atoms with E-state index in [0.29, 0.717) is 11.7 Å². The molecule has 0 atom stereocenters. The van der Waals surface area contributed by atoms with Crippen LogP contribution >= 0.6 is 0 Å². The van der Waals surface area contributed by atoms with E-state index in [4.69, 9.17) is 10.1 Å². The molecule has 0 heterocycles. The maximum absolute atomic E-state index is 8.58. The Hall–Kier alpha value is -1.82. The molecule has 3 heteroatoms. The molecule has 0 aliphatic heterocycles. The lowest BCUT2D eigenvalue weighted by Crippen LogP contribution is -1.86. The van der Waals surface area contributed by atoms with E-state index in [9.17, 15) is 0 Å². The SMILES string of the molecule is N#Cc1ccc(C=NOC2CC2)cc1. The minimum Gasteiger partial charge on any atom is -0.392 e. The Morgan fingerprint density at radius 2 is 2.07 bits per heavy atom. The first kappa shape index (κ1) is 8.76. The Bertz CT molecular complexity index is 371. The highest BCUT2D eigenvalue weighted by molar-refractivity contribution is 5.79. The van der Waals surface area contributed by atoms with Gasteiger partial charge in [-0.3, -0.25) is 0 Å². The highest BCUT2D eigenvalue weighted by atomic mass is 16.6. The number of hydrogen-bond acceptors (Lipinski definition) is 3. The van der Waals surface area contributed by atoms with Crippen molar-refractivity contribution in [3.63, 3.8) is 0 Å². The van der Waals surface area contributed by atoms with Crippen LogP contribution in [0.5, 0.6) is 0 Å². The lowest BCUT2D eigenvalue weighted by Gasteiger charge is -1.94. The molecule has 14 heavy (non-hydrogen) atoms. The van der Waals surface area contributed by atoms with Crippen molar-refractivity contribution in [3.05, 3.63) is 35.4 Å². The van der Waals surface area contributed by atoms with E-state index in [0.717, 1.165) is 18.4 Å². The fraction of sp³-hybridized carbons (Fsp3) is 0.273. The van der Waals surface area contributed by atoms with E-state index in [1.54, 1.807) is 18.3 Å². The Morgan fingerprint density at radius 3 is 2.64 bits per heavy atom. The van der Waals surface area contributed by atoms with Gasteiger partial charge in [0.2, 0.25) is 0 Å². The van der Waals surface area contributed by atoms with Gasteiger partial charge in [0.15, 0.2) is 0 Å². The van der Waals surface area contributed by atoms with Gasteiger partial charge in [-0.05, 0) is 30.5 Å². The summed E-state index contributed by atoms with van der Waals surface area (Å²) in [6.45, 7) is 0. The lowest BCUT2D eigenvalue weighted by atomic mass is 10.2. The second kappa shape index (κ2) is 3.93. The third-order valence-corrected chi connectivity index (χ3v) is 1.98. The van der Waals surface area contributed by atoms with Crippen LogP contribution in [0.15, 0.2) is 29.4 Å². The number of benzene rings is 1. The van der Waals surface area contributed by atoms with Gasteiger partial charge in [-0.1, -0.05) is 17.3 Å². The maximum atomic E-state index is 8.58. The summed E-state index contributed by atoms with van der Waals surface area (Å²) in [4.78, 5) is 5.12. The Morgan fingerprint density at radius 1 is 1.36 bits per heavy atom. The number of nitriles is 1. The van der Waals surface area contributed by atoms with Crippen LogP contribution in [-0.4, -0.2) is 12.3 Å². The average Bonchev–Trinajstić information content (AvgIpc) is 3.03. The van der Waals surface area contributed by atoms with E-state index in [-0.39, 0.29) is 0 Å². The minimum atomic E-state index is 0.338. The predicted octanol–water partition coefficient (Wildman–Crippen LogP) is 2.07. The molecular formula is C11H10N2O. The third-order valence-electron chi connectivity index (χ3n) is 1.98. The normalized spacial score (nSPS) is 15.4. The summed E-state index contributed by atoms with van der Waals surface area (Å²) in [7, 11) is 0. The van der Waals surface area contributed by atoms with Crippen LogP contribution < -0.4 is 0 Å². The second-order valence-corrected chi connectivity index (χ2v) is 3.27. The fourth-order valence-corrected chi connectivity index (χ4v) is 0.995. The summed E-state index contributed by atoms with van der Waals surface area (Å²) in [6, 6.07) is 9.28. The molecule has 2 rings (SSSR count). The van der Waals surface area contributed by atoms with Gasteiger partial charge in [0.1, 0.15) is 6.10 Å². The van der Waals surface area contributed by atoms with Gasteiger partial charge < -0.3 is 4.84 Å². The molecule has 3 nitrogen and oxygen atoms in total. The first-order valence-electron chi connectivity index (χ1n) is 4.58. The van der Waals surface area contributed by atoms with E-state index >= 15 is 0 Å². The smallest absolute Gasteiger partial charge is 0.127 e. The molecule has 1 fully saturated rings. The van der Waals surface area contributed by atoms with Gasteiger partial charge in [0.25, 0.3) is 0 Å². The molecule has 0 spiro atoms. The highest BCUT2D eigenvalue weighted by Gasteiger charge is 2.23. The molecule has 0 radical (unpaired) electrons. The summed E-state index contributed by atoms with van der Waals surface area (Å²) >= 11 is 0. The number of nitrogens with zero attached hydrogens (tertiary/aromatic N) is 2. The number of oxime groups is 1. The van der Waals surface area contributed by atoms with E-state index in [2.05, 4.69) is 11.2 Å². The first-order valence-corrected chi connectivity index (χ1v) is 4.58. The predicted molar refractivity (Wildman–Crippen MR) is 52.9 cm³/mol. The van der Waals surface area contributed by atoms with Crippen molar-refractivity contribution in [2.75, 3.05) is 0 Å². The summed E-state index contributed by atoms with van der Waals surface area (Å²) in [5.41, 5.74) is 1.61. The molecule has 0 saturated heterocycles. The quantitative estimate of drug-likeness (QED) is 0.535. The molecule has 1 aromatic rings. The van der Waals surface area contributed by atoms with Crippen LogP contribution in [-0.2, 0) is 4.84 Å². The van der Waals surface area contributed by atoms with Gasteiger partial charge >= 0.3 is 0 Å².